The van der Waals surface area contributed by atoms with E-state index in [1.54, 1.807) is 24.3 Å². The largest absolute Gasteiger partial charge is 0.484 e. The van der Waals surface area contributed by atoms with Gasteiger partial charge in [-0.1, -0.05) is 19.8 Å². The van der Waals surface area contributed by atoms with E-state index in [2.05, 4.69) is 12.2 Å². The lowest BCUT2D eigenvalue weighted by Crippen LogP contribution is -2.34. The van der Waals surface area contributed by atoms with E-state index in [1.807, 2.05) is 0 Å². The smallest absolute Gasteiger partial charge is 0.257 e. The number of amides is 2. The number of hydrogen-bond acceptors (Lipinski definition) is 3. The normalized spacial score (nSPS) is 21.1. The first-order valence-electron chi connectivity index (χ1n) is 7.84. The van der Waals surface area contributed by atoms with Crippen LogP contribution in [0, 0.1) is 11.8 Å². The van der Waals surface area contributed by atoms with Gasteiger partial charge >= 0.3 is 0 Å². The third-order valence-electron chi connectivity index (χ3n) is 4.14. The average molecular weight is 304 g/mol. The number of hydrogen-bond donors (Lipinski definition) is 2. The number of rotatable bonds is 6. The molecule has 0 aliphatic heterocycles. The van der Waals surface area contributed by atoms with E-state index >= 15 is 0 Å². The highest BCUT2D eigenvalue weighted by Crippen LogP contribution is 2.27. The molecule has 5 heteroatoms. The molecule has 2 rings (SSSR count). The quantitative estimate of drug-likeness (QED) is 0.844. The van der Waals surface area contributed by atoms with Crippen molar-refractivity contribution in [1.29, 1.82) is 0 Å². The highest BCUT2D eigenvalue weighted by molar-refractivity contribution is 5.92. The first kappa shape index (κ1) is 16.3. The Morgan fingerprint density at radius 2 is 2.00 bits per heavy atom. The molecule has 0 heterocycles. The molecule has 5 nitrogen and oxygen atoms in total. The standard InChI is InChI=1S/C17H24N2O3/c1-12-3-2-4-13(9-12)10-19-16(20)11-22-15-7-5-14(6-8-15)17(18)21/h5-8,12-13H,2-4,9-11H2,1H3,(H2,18,21)(H,19,20)/t12-,13+/m0/s1. The van der Waals surface area contributed by atoms with E-state index in [9.17, 15) is 9.59 Å². The summed E-state index contributed by atoms with van der Waals surface area (Å²) in [5.41, 5.74) is 5.58. The highest BCUT2D eigenvalue weighted by Gasteiger charge is 2.19. The maximum atomic E-state index is 11.8. The molecule has 1 aliphatic rings. The SMILES string of the molecule is C[C@H]1CCC[C@@H](CNC(=O)COc2ccc(C(N)=O)cc2)C1. The van der Waals surface area contributed by atoms with Gasteiger partial charge in [0.15, 0.2) is 6.61 Å². The summed E-state index contributed by atoms with van der Waals surface area (Å²) in [5, 5.41) is 2.93. The number of ether oxygens (including phenoxy) is 1. The molecular formula is C17H24N2O3. The van der Waals surface area contributed by atoms with Crippen LogP contribution in [-0.4, -0.2) is 25.0 Å². The van der Waals surface area contributed by atoms with Crippen molar-refractivity contribution in [1.82, 2.24) is 5.32 Å². The van der Waals surface area contributed by atoms with Gasteiger partial charge in [-0.25, -0.2) is 0 Å². The van der Waals surface area contributed by atoms with Gasteiger partial charge in [0, 0.05) is 12.1 Å². The molecule has 1 saturated carbocycles. The first-order valence-corrected chi connectivity index (χ1v) is 7.84. The van der Waals surface area contributed by atoms with Crippen LogP contribution in [0.5, 0.6) is 5.75 Å². The Bertz CT molecular complexity index is 513. The number of primary amides is 1. The van der Waals surface area contributed by atoms with E-state index in [-0.39, 0.29) is 12.5 Å². The van der Waals surface area contributed by atoms with Crippen molar-refractivity contribution in [2.45, 2.75) is 32.6 Å². The van der Waals surface area contributed by atoms with Crippen LogP contribution < -0.4 is 15.8 Å². The van der Waals surface area contributed by atoms with Crippen molar-refractivity contribution in [3.05, 3.63) is 29.8 Å². The fraction of sp³-hybridized carbons (Fsp3) is 0.529. The predicted octanol–water partition coefficient (Wildman–Crippen LogP) is 2.11. The van der Waals surface area contributed by atoms with Crippen molar-refractivity contribution in [3.8, 4) is 5.75 Å². The van der Waals surface area contributed by atoms with E-state index in [4.69, 9.17) is 10.5 Å². The third-order valence-corrected chi connectivity index (χ3v) is 4.14. The van der Waals surface area contributed by atoms with Crippen LogP contribution in [0.4, 0.5) is 0 Å². The van der Waals surface area contributed by atoms with Crippen LogP contribution >= 0.6 is 0 Å². The summed E-state index contributed by atoms with van der Waals surface area (Å²) in [5.74, 6) is 1.30. The zero-order chi connectivity index (χ0) is 15.9. The highest BCUT2D eigenvalue weighted by atomic mass is 16.5. The van der Waals surface area contributed by atoms with E-state index in [0.717, 1.165) is 12.5 Å². The van der Waals surface area contributed by atoms with Crippen LogP contribution in [0.2, 0.25) is 0 Å². The minimum atomic E-state index is -0.481. The average Bonchev–Trinajstić information content (AvgIpc) is 2.51. The van der Waals surface area contributed by atoms with Crippen molar-refractivity contribution >= 4 is 11.8 Å². The Morgan fingerprint density at radius 3 is 2.64 bits per heavy atom. The van der Waals surface area contributed by atoms with Crippen molar-refractivity contribution < 1.29 is 14.3 Å². The molecule has 2 atom stereocenters. The second-order valence-electron chi connectivity index (χ2n) is 6.12. The second-order valence-corrected chi connectivity index (χ2v) is 6.12. The number of benzene rings is 1. The third kappa shape index (κ3) is 5.06. The van der Waals surface area contributed by atoms with E-state index < -0.39 is 5.91 Å². The summed E-state index contributed by atoms with van der Waals surface area (Å²) >= 11 is 0. The van der Waals surface area contributed by atoms with Crippen LogP contribution in [0.3, 0.4) is 0 Å². The molecule has 0 radical (unpaired) electrons. The molecule has 2 amide bonds. The van der Waals surface area contributed by atoms with Gasteiger partial charge in [0.25, 0.3) is 5.91 Å². The van der Waals surface area contributed by atoms with Crippen LogP contribution in [0.1, 0.15) is 43.0 Å². The molecule has 1 aromatic carbocycles. The van der Waals surface area contributed by atoms with Crippen molar-refractivity contribution in [2.75, 3.05) is 13.2 Å². The lowest BCUT2D eigenvalue weighted by Gasteiger charge is -2.26. The predicted molar refractivity (Wildman–Crippen MR) is 84.6 cm³/mol. The van der Waals surface area contributed by atoms with Crippen molar-refractivity contribution in [2.24, 2.45) is 17.6 Å². The minimum absolute atomic E-state index is 0.0157. The molecule has 0 spiro atoms. The molecule has 1 fully saturated rings. The first-order chi connectivity index (χ1) is 10.5. The van der Waals surface area contributed by atoms with Gasteiger partial charge in [-0.05, 0) is 48.9 Å². The van der Waals surface area contributed by atoms with E-state index in [0.29, 0.717) is 17.2 Å². The minimum Gasteiger partial charge on any atom is -0.484 e. The summed E-state index contributed by atoms with van der Waals surface area (Å²) in [6, 6.07) is 6.43. The fourth-order valence-corrected chi connectivity index (χ4v) is 2.92. The molecule has 120 valence electrons. The molecule has 1 aromatic rings. The van der Waals surface area contributed by atoms with E-state index in [1.165, 1.54) is 25.7 Å². The Kier molecular flexibility index (Phi) is 5.81. The number of carbonyl (C=O) groups is 2. The van der Waals surface area contributed by atoms with Gasteiger partial charge in [-0.15, -0.1) is 0 Å². The molecule has 0 bridgehead atoms. The lowest BCUT2D eigenvalue weighted by atomic mass is 9.82. The summed E-state index contributed by atoms with van der Waals surface area (Å²) in [6.07, 6.45) is 4.94. The number of nitrogens with two attached hydrogens (primary N) is 1. The summed E-state index contributed by atoms with van der Waals surface area (Å²) in [6.45, 7) is 2.98. The van der Waals surface area contributed by atoms with Crippen LogP contribution in [-0.2, 0) is 4.79 Å². The zero-order valence-corrected chi connectivity index (χ0v) is 13.0. The molecule has 22 heavy (non-hydrogen) atoms. The summed E-state index contributed by atoms with van der Waals surface area (Å²) < 4.78 is 5.40. The molecular weight excluding hydrogens is 280 g/mol. The number of carbonyl (C=O) groups excluding carboxylic acids is 2. The van der Waals surface area contributed by atoms with Crippen LogP contribution in [0.25, 0.3) is 0 Å². The Balaban J connectivity index is 1.70. The topological polar surface area (TPSA) is 81.4 Å². The Labute approximate surface area is 131 Å². The molecule has 0 aromatic heterocycles. The molecule has 3 N–H and O–H groups in total. The zero-order valence-electron chi connectivity index (χ0n) is 13.0. The van der Waals surface area contributed by atoms with Crippen molar-refractivity contribution in [3.63, 3.8) is 0 Å². The second kappa shape index (κ2) is 7.82. The maximum absolute atomic E-state index is 11.8. The van der Waals surface area contributed by atoms with Crippen LogP contribution in [0.15, 0.2) is 24.3 Å². The molecule has 1 aliphatic carbocycles. The van der Waals surface area contributed by atoms with Gasteiger partial charge in [-0.3, -0.25) is 9.59 Å². The lowest BCUT2D eigenvalue weighted by molar-refractivity contribution is -0.123. The van der Waals surface area contributed by atoms with Gasteiger partial charge in [0.2, 0.25) is 5.91 Å². The fourth-order valence-electron chi connectivity index (χ4n) is 2.92. The van der Waals surface area contributed by atoms with Gasteiger partial charge in [0.1, 0.15) is 5.75 Å². The summed E-state index contributed by atoms with van der Waals surface area (Å²) in [7, 11) is 0. The van der Waals surface area contributed by atoms with Gasteiger partial charge in [-0.2, -0.15) is 0 Å². The number of nitrogens with one attached hydrogen (secondary N) is 1. The van der Waals surface area contributed by atoms with Gasteiger partial charge in [0.05, 0.1) is 0 Å². The Hall–Kier alpha value is -2.04. The van der Waals surface area contributed by atoms with Gasteiger partial charge < -0.3 is 15.8 Å². The Morgan fingerprint density at radius 1 is 1.27 bits per heavy atom. The molecule has 0 unspecified atom stereocenters. The summed E-state index contributed by atoms with van der Waals surface area (Å²) in [4.78, 5) is 22.8. The monoisotopic (exact) mass is 304 g/mol. The maximum Gasteiger partial charge on any atom is 0.257 e. The molecule has 0 saturated heterocycles.